The average Bonchev–Trinajstić information content (AvgIpc) is 2.33. The molecule has 0 bridgehead atoms. The normalized spacial score (nSPS) is 11.6. The van der Waals surface area contributed by atoms with E-state index in [0.29, 0.717) is 0 Å². The largest absolute Gasteiger partial charge is 0.351 e. The summed E-state index contributed by atoms with van der Waals surface area (Å²) in [6.45, 7) is 8.15. The maximum Gasteiger partial charge on any atom is 0.234 e. The number of hydrogen-bond donors (Lipinski definition) is 2. The van der Waals surface area contributed by atoms with Gasteiger partial charge in [-0.25, -0.2) is 4.39 Å². The van der Waals surface area contributed by atoms with Crippen LogP contribution in [-0.4, -0.2) is 26.9 Å². The Morgan fingerprint density at radius 3 is 2.20 bits per heavy atom. The zero-order valence-electron chi connectivity index (χ0n) is 12.6. The molecule has 20 heavy (non-hydrogen) atoms. The van der Waals surface area contributed by atoms with E-state index in [2.05, 4.69) is 25.6 Å². The first kappa shape index (κ1) is 16.3. The minimum absolute atomic E-state index is 0.00953. The molecule has 1 amide bonds. The number of alkyl halides is 1. The Morgan fingerprint density at radius 2 is 1.75 bits per heavy atom. The highest BCUT2D eigenvalue weighted by molar-refractivity contribution is 5.86. The summed E-state index contributed by atoms with van der Waals surface area (Å²) >= 11 is 0. The summed E-state index contributed by atoms with van der Waals surface area (Å²) < 4.78 is 14.0. The van der Waals surface area contributed by atoms with Crippen LogP contribution in [-0.2, 0) is 10.5 Å². The fourth-order valence-electron chi connectivity index (χ4n) is 1.60. The van der Waals surface area contributed by atoms with Crippen molar-refractivity contribution in [1.82, 2.24) is 15.0 Å². The molecule has 1 aromatic heterocycles. The van der Waals surface area contributed by atoms with E-state index in [4.69, 9.17) is 0 Å². The van der Waals surface area contributed by atoms with Crippen molar-refractivity contribution >= 4 is 17.8 Å². The summed E-state index contributed by atoms with van der Waals surface area (Å²) in [6, 6.07) is 0.193. The van der Waals surface area contributed by atoms with Crippen molar-refractivity contribution in [2.75, 3.05) is 10.6 Å². The summed E-state index contributed by atoms with van der Waals surface area (Å²) in [5.41, 5.74) is -1.71. The molecule has 2 N–H and O–H groups in total. The Hall–Kier alpha value is -1.79. The fraction of sp³-hybridized carbons (Fsp3) is 0.692. The minimum atomic E-state index is -1.71. The molecule has 0 spiro atoms. The van der Waals surface area contributed by atoms with Crippen LogP contribution in [0.25, 0.3) is 0 Å². The van der Waals surface area contributed by atoms with Crippen molar-refractivity contribution in [1.29, 1.82) is 0 Å². The van der Waals surface area contributed by atoms with Gasteiger partial charge in [0.05, 0.1) is 0 Å². The molecule has 112 valence electrons. The molecule has 0 aliphatic carbocycles. The number of aromatic nitrogens is 3. The topological polar surface area (TPSA) is 79.8 Å². The molecule has 0 unspecified atom stereocenters. The number of hydrogen-bond acceptors (Lipinski definition) is 5. The Balaban J connectivity index is 3.12. The Bertz CT molecular complexity index is 468. The lowest BCUT2D eigenvalue weighted by Gasteiger charge is -2.18. The molecule has 1 aromatic rings. The number of nitrogens with one attached hydrogen (secondary N) is 2. The van der Waals surface area contributed by atoms with Gasteiger partial charge in [0.1, 0.15) is 0 Å². The minimum Gasteiger partial charge on any atom is -0.351 e. The van der Waals surface area contributed by atoms with Crippen molar-refractivity contribution in [2.24, 2.45) is 0 Å². The maximum atomic E-state index is 14.0. The van der Waals surface area contributed by atoms with Crippen molar-refractivity contribution < 1.29 is 9.18 Å². The quantitative estimate of drug-likeness (QED) is 0.839. The lowest BCUT2D eigenvalue weighted by Crippen LogP contribution is -2.23. The monoisotopic (exact) mass is 283 g/mol. The van der Waals surface area contributed by atoms with Crippen LogP contribution in [0.5, 0.6) is 0 Å². The first-order valence-electron chi connectivity index (χ1n) is 6.75. The number of rotatable bonds is 6. The van der Waals surface area contributed by atoms with Crippen LogP contribution in [0.3, 0.4) is 0 Å². The van der Waals surface area contributed by atoms with E-state index in [1.807, 2.05) is 13.8 Å². The van der Waals surface area contributed by atoms with Gasteiger partial charge in [0.25, 0.3) is 0 Å². The van der Waals surface area contributed by atoms with Crippen molar-refractivity contribution in [3.63, 3.8) is 0 Å². The molecular weight excluding hydrogens is 261 g/mol. The van der Waals surface area contributed by atoms with Crippen LogP contribution >= 0.6 is 0 Å². The summed E-state index contributed by atoms with van der Waals surface area (Å²) in [7, 11) is 0. The molecule has 6 nitrogen and oxygen atoms in total. The molecule has 1 heterocycles. The Morgan fingerprint density at radius 1 is 1.20 bits per heavy atom. The SMILES string of the molecule is CCC(CC)Nc1nc(NC(C)=O)nc(C(C)(C)F)n1. The van der Waals surface area contributed by atoms with E-state index in [1.165, 1.54) is 20.8 Å². The molecule has 1 rings (SSSR count). The van der Waals surface area contributed by atoms with Crippen LogP contribution in [0.1, 0.15) is 53.3 Å². The summed E-state index contributed by atoms with van der Waals surface area (Å²) in [5, 5.41) is 5.58. The zero-order chi connectivity index (χ0) is 15.3. The zero-order valence-corrected chi connectivity index (χ0v) is 12.6. The third-order valence-electron chi connectivity index (χ3n) is 2.77. The molecule has 0 radical (unpaired) electrons. The van der Waals surface area contributed by atoms with Gasteiger partial charge in [-0.1, -0.05) is 13.8 Å². The molecule has 0 aromatic carbocycles. The predicted molar refractivity (Wildman–Crippen MR) is 76.3 cm³/mol. The number of halogens is 1. The molecule has 0 fully saturated rings. The van der Waals surface area contributed by atoms with E-state index >= 15 is 0 Å². The van der Waals surface area contributed by atoms with Gasteiger partial charge < -0.3 is 5.32 Å². The van der Waals surface area contributed by atoms with Gasteiger partial charge in [-0.2, -0.15) is 15.0 Å². The first-order valence-corrected chi connectivity index (χ1v) is 6.75. The highest BCUT2D eigenvalue weighted by Crippen LogP contribution is 2.23. The van der Waals surface area contributed by atoms with Crippen LogP contribution in [0.15, 0.2) is 0 Å². The van der Waals surface area contributed by atoms with E-state index < -0.39 is 5.67 Å². The summed E-state index contributed by atoms with van der Waals surface area (Å²) in [5.74, 6) is 0.0110. The van der Waals surface area contributed by atoms with Crippen molar-refractivity contribution in [3.8, 4) is 0 Å². The maximum absolute atomic E-state index is 14.0. The lowest BCUT2D eigenvalue weighted by atomic mass is 10.1. The number of carbonyl (C=O) groups excluding carboxylic acids is 1. The van der Waals surface area contributed by atoms with Gasteiger partial charge in [-0.15, -0.1) is 0 Å². The highest BCUT2D eigenvalue weighted by atomic mass is 19.1. The Labute approximate surface area is 118 Å². The van der Waals surface area contributed by atoms with Gasteiger partial charge >= 0.3 is 0 Å². The van der Waals surface area contributed by atoms with Gasteiger partial charge in [-0.3, -0.25) is 10.1 Å². The molecule has 0 saturated heterocycles. The van der Waals surface area contributed by atoms with Gasteiger partial charge in [-0.05, 0) is 26.7 Å². The molecule has 0 saturated carbocycles. The number of anilines is 2. The van der Waals surface area contributed by atoms with Crippen LogP contribution < -0.4 is 10.6 Å². The summed E-state index contributed by atoms with van der Waals surface area (Å²) in [4.78, 5) is 23.2. The van der Waals surface area contributed by atoms with Gasteiger partial charge in [0, 0.05) is 13.0 Å². The molecule has 0 atom stereocenters. The van der Waals surface area contributed by atoms with Crippen LogP contribution in [0.4, 0.5) is 16.3 Å². The second-order valence-corrected chi connectivity index (χ2v) is 5.12. The third kappa shape index (κ3) is 4.71. The van der Waals surface area contributed by atoms with E-state index in [0.717, 1.165) is 12.8 Å². The second-order valence-electron chi connectivity index (χ2n) is 5.12. The van der Waals surface area contributed by atoms with E-state index in [1.54, 1.807) is 0 Å². The van der Waals surface area contributed by atoms with Gasteiger partial charge in [0.2, 0.25) is 17.8 Å². The molecule has 0 aliphatic heterocycles. The van der Waals surface area contributed by atoms with Crippen LogP contribution in [0, 0.1) is 0 Å². The van der Waals surface area contributed by atoms with Crippen molar-refractivity contribution in [3.05, 3.63) is 5.82 Å². The molecule has 0 aliphatic rings. The smallest absolute Gasteiger partial charge is 0.234 e. The predicted octanol–water partition coefficient (Wildman–Crippen LogP) is 2.64. The Kier molecular flexibility index (Phi) is 5.35. The highest BCUT2D eigenvalue weighted by Gasteiger charge is 2.25. The number of amides is 1. The lowest BCUT2D eigenvalue weighted by molar-refractivity contribution is -0.114. The number of nitrogens with zero attached hydrogens (tertiary/aromatic N) is 3. The first-order chi connectivity index (χ1) is 9.26. The average molecular weight is 283 g/mol. The molecular formula is C13H22FN5O. The fourth-order valence-corrected chi connectivity index (χ4v) is 1.60. The van der Waals surface area contributed by atoms with Crippen molar-refractivity contribution in [2.45, 2.75) is 59.2 Å². The third-order valence-corrected chi connectivity index (χ3v) is 2.77. The molecule has 7 heteroatoms. The van der Waals surface area contributed by atoms with E-state index in [9.17, 15) is 9.18 Å². The van der Waals surface area contributed by atoms with Gasteiger partial charge in [0.15, 0.2) is 11.5 Å². The second kappa shape index (κ2) is 6.58. The van der Waals surface area contributed by atoms with Crippen LogP contribution in [0.2, 0.25) is 0 Å². The standard InChI is InChI=1S/C13H22FN5O/c1-6-9(7-2)16-12-18-10(13(4,5)14)17-11(19-12)15-8(3)20/h9H,6-7H2,1-5H3,(H2,15,16,17,18,19,20). The van der Waals surface area contributed by atoms with E-state index in [-0.39, 0.29) is 29.7 Å². The summed E-state index contributed by atoms with van der Waals surface area (Å²) in [6.07, 6.45) is 1.79. The number of carbonyl (C=O) groups is 1.